The van der Waals surface area contributed by atoms with Crippen LogP contribution in [0.25, 0.3) is 0 Å². The van der Waals surface area contributed by atoms with Gasteiger partial charge in [-0.3, -0.25) is 4.79 Å². The van der Waals surface area contributed by atoms with Gasteiger partial charge in [0.1, 0.15) is 11.8 Å². The molecule has 0 fully saturated rings. The molecule has 1 atom stereocenters. The Hall–Kier alpha value is -1.36. The van der Waals surface area contributed by atoms with E-state index in [9.17, 15) is 4.79 Å². The molecule has 0 aromatic carbocycles. The van der Waals surface area contributed by atoms with E-state index in [1.807, 2.05) is 0 Å². The highest BCUT2D eigenvalue weighted by Gasteiger charge is 2.17. The number of aliphatic carboxylic acids is 1. The van der Waals surface area contributed by atoms with Gasteiger partial charge in [0.25, 0.3) is 0 Å². The molecule has 5 heteroatoms. The summed E-state index contributed by atoms with van der Waals surface area (Å²) in [4.78, 5) is 10.5. The molecule has 1 rings (SSSR count). The molecule has 0 amide bonds. The van der Waals surface area contributed by atoms with Crippen LogP contribution >= 0.6 is 0 Å². The molecule has 1 aromatic rings. The lowest BCUT2D eigenvalue weighted by atomic mass is 10.1. The fourth-order valence-corrected chi connectivity index (χ4v) is 1.10. The van der Waals surface area contributed by atoms with E-state index in [0.717, 1.165) is 5.56 Å². The molecule has 72 valence electrons. The highest BCUT2D eigenvalue weighted by atomic mass is 16.5. The average Bonchev–Trinajstić information content (AvgIpc) is 2.35. The van der Waals surface area contributed by atoms with Crippen molar-refractivity contribution >= 4 is 5.97 Å². The molecule has 13 heavy (non-hydrogen) atoms. The molecule has 0 saturated carbocycles. The molecule has 0 aliphatic carbocycles. The first kappa shape index (κ1) is 9.73. The monoisotopic (exact) mass is 184 g/mol. The molecular formula is C8H12N2O3. The van der Waals surface area contributed by atoms with Crippen LogP contribution in [0.1, 0.15) is 17.0 Å². The minimum atomic E-state index is -1.01. The van der Waals surface area contributed by atoms with E-state index < -0.39 is 12.0 Å². The third kappa shape index (κ3) is 2.06. The van der Waals surface area contributed by atoms with Crippen molar-refractivity contribution in [1.29, 1.82) is 0 Å². The molecule has 0 bridgehead atoms. The van der Waals surface area contributed by atoms with Crippen molar-refractivity contribution in [3.8, 4) is 0 Å². The van der Waals surface area contributed by atoms with Crippen molar-refractivity contribution in [2.75, 3.05) is 0 Å². The van der Waals surface area contributed by atoms with Gasteiger partial charge >= 0.3 is 5.97 Å². The maximum Gasteiger partial charge on any atom is 0.320 e. The lowest BCUT2D eigenvalue weighted by molar-refractivity contribution is -0.138. The summed E-state index contributed by atoms with van der Waals surface area (Å²) in [5, 5.41) is 12.3. The molecule has 5 nitrogen and oxygen atoms in total. The maximum atomic E-state index is 10.5. The van der Waals surface area contributed by atoms with Gasteiger partial charge in [-0.15, -0.1) is 0 Å². The molecule has 0 saturated heterocycles. The predicted molar refractivity (Wildman–Crippen MR) is 45.3 cm³/mol. The number of carboxylic acids is 1. The van der Waals surface area contributed by atoms with Crippen LogP contribution in [-0.2, 0) is 11.2 Å². The van der Waals surface area contributed by atoms with Crippen molar-refractivity contribution in [2.45, 2.75) is 26.3 Å². The number of rotatable bonds is 3. The topological polar surface area (TPSA) is 89.4 Å². The predicted octanol–water partition coefficient (Wildman–Crippen LogP) is 0.246. The summed E-state index contributed by atoms with van der Waals surface area (Å²) in [5.41, 5.74) is 6.87. The quantitative estimate of drug-likeness (QED) is 0.702. The molecule has 0 aliphatic heterocycles. The summed E-state index contributed by atoms with van der Waals surface area (Å²) in [6.45, 7) is 3.50. The number of nitrogens with zero attached hydrogens (tertiary/aromatic N) is 1. The second-order valence-electron chi connectivity index (χ2n) is 2.95. The summed E-state index contributed by atoms with van der Waals surface area (Å²) in [6.07, 6.45) is 0.260. The second-order valence-corrected chi connectivity index (χ2v) is 2.95. The second kappa shape index (κ2) is 3.57. The standard InChI is InChI=1S/C8H12N2O3/c1-4-6(5(2)13-10-4)3-7(9)8(11)12/h7H,3,9H2,1-2H3,(H,11,12). The number of hydrogen-bond acceptors (Lipinski definition) is 4. The highest BCUT2D eigenvalue weighted by molar-refractivity contribution is 5.73. The van der Waals surface area contributed by atoms with Gasteiger partial charge in [-0.25, -0.2) is 0 Å². The normalized spacial score (nSPS) is 12.8. The Kier molecular flexibility index (Phi) is 2.67. The van der Waals surface area contributed by atoms with Crippen LogP contribution in [0.4, 0.5) is 0 Å². The largest absolute Gasteiger partial charge is 0.480 e. The van der Waals surface area contributed by atoms with Crippen molar-refractivity contribution < 1.29 is 14.4 Å². The van der Waals surface area contributed by atoms with Crippen LogP contribution in [0.5, 0.6) is 0 Å². The van der Waals surface area contributed by atoms with Gasteiger partial charge in [0.2, 0.25) is 0 Å². The van der Waals surface area contributed by atoms with Crippen molar-refractivity contribution in [2.24, 2.45) is 5.73 Å². The van der Waals surface area contributed by atoms with Crippen LogP contribution in [0, 0.1) is 13.8 Å². The van der Waals surface area contributed by atoms with E-state index in [2.05, 4.69) is 5.16 Å². The number of aryl methyl sites for hydroxylation is 2. The first-order valence-electron chi connectivity index (χ1n) is 3.92. The first-order valence-corrected chi connectivity index (χ1v) is 3.92. The lowest BCUT2D eigenvalue weighted by Crippen LogP contribution is -2.32. The summed E-state index contributed by atoms with van der Waals surface area (Å²) in [5.74, 6) is -0.380. The van der Waals surface area contributed by atoms with Gasteiger partial charge in [-0.05, 0) is 13.8 Å². The van der Waals surface area contributed by atoms with Crippen LogP contribution < -0.4 is 5.73 Å². The van der Waals surface area contributed by atoms with Crippen LogP contribution in [0.2, 0.25) is 0 Å². The minimum Gasteiger partial charge on any atom is -0.480 e. The Bertz CT molecular complexity index is 300. The van der Waals surface area contributed by atoms with E-state index in [1.165, 1.54) is 0 Å². The van der Waals surface area contributed by atoms with Crippen molar-refractivity contribution in [3.05, 3.63) is 17.0 Å². The van der Waals surface area contributed by atoms with Gasteiger partial charge in [0, 0.05) is 12.0 Å². The smallest absolute Gasteiger partial charge is 0.320 e. The van der Waals surface area contributed by atoms with E-state index >= 15 is 0 Å². The molecule has 3 N–H and O–H groups in total. The van der Waals surface area contributed by atoms with Crippen LogP contribution in [0.15, 0.2) is 4.52 Å². The summed E-state index contributed by atoms with van der Waals surface area (Å²) in [6, 6.07) is -0.892. The van der Waals surface area contributed by atoms with Crippen LogP contribution in [-0.4, -0.2) is 22.3 Å². The zero-order chi connectivity index (χ0) is 10.0. The molecule has 0 aliphatic rings. The number of nitrogens with two attached hydrogens (primary N) is 1. The van der Waals surface area contributed by atoms with Gasteiger partial charge in [-0.2, -0.15) is 0 Å². The van der Waals surface area contributed by atoms with Gasteiger partial charge in [0.05, 0.1) is 5.69 Å². The molecule has 1 heterocycles. The minimum absolute atomic E-state index is 0.260. The number of carboxylic acid groups (broad SMARTS) is 1. The third-order valence-electron chi connectivity index (χ3n) is 1.92. The number of aromatic nitrogens is 1. The Morgan fingerprint density at radius 3 is 2.69 bits per heavy atom. The van der Waals surface area contributed by atoms with Crippen LogP contribution in [0.3, 0.4) is 0 Å². The van der Waals surface area contributed by atoms with Crippen molar-refractivity contribution in [1.82, 2.24) is 5.16 Å². The van der Waals surface area contributed by atoms with Gasteiger partial charge < -0.3 is 15.4 Å². The third-order valence-corrected chi connectivity index (χ3v) is 1.92. The molecule has 0 spiro atoms. The van der Waals surface area contributed by atoms with Gasteiger partial charge in [-0.1, -0.05) is 5.16 Å². The Morgan fingerprint density at radius 1 is 1.69 bits per heavy atom. The molecule has 1 unspecified atom stereocenters. The maximum absolute atomic E-state index is 10.5. The summed E-state index contributed by atoms with van der Waals surface area (Å²) >= 11 is 0. The van der Waals surface area contributed by atoms with Crippen molar-refractivity contribution in [3.63, 3.8) is 0 Å². The van der Waals surface area contributed by atoms with Gasteiger partial charge in [0.15, 0.2) is 0 Å². The fourth-order valence-electron chi connectivity index (χ4n) is 1.10. The fraction of sp³-hybridized carbons (Fsp3) is 0.500. The Labute approximate surface area is 75.5 Å². The summed E-state index contributed by atoms with van der Waals surface area (Å²) < 4.78 is 4.88. The first-order chi connectivity index (χ1) is 6.02. The molecule has 0 radical (unpaired) electrons. The van der Waals surface area contributed by atoms with E-state index in [0.29, 0.717) is 11.5 Å². The Morgan fingerprint density at radius 2 is 2.31 bits per heavy atom. The van der Waals surface area contributed by atoms with E-state index in [4.69, 9.17) is 15.4 Å². The SMILES string of the molecule is Cc1noc(C)c1CC(N)C(=O)O. The highest BCUT2D eigenvalue weighted by Crippen LogP contribution is 2.13. The van der Waals surface area contributed by atoms with E-state index in [1.54, 1.807) is 13.8 Å². The zero-order valence-electron chi connectivity index (χ0n) is 7.57. The lowest BCUT2D eigenvalue weighted by Gasteiger charge is -2.04. The van der Waals surface area contributed by atoms with E-state index in [-0.39, 0.29) is 6.42 Å². The number of carbonyl (C=O) groups is 1. The molecular weight excluding hydrogens is 172 g/mol. The zero-order valence-corrected chi connectivity index (χ0v) is 7.57. The summed E-state index contributed by atoms with van der Waals surface area (Å²) in [7, 11) is 0. The average molecular weight is 184 g/mol. The Balaban J connectivity index is 2.79. The number of hydrogen-bond donors (Lipinski definition) is 2. The molecule has 1 aromatic heterocycles.